The molecule has 170 valence electrons. The quantitative estimate of drug-likeness (QED) is 0.483. The molecule has 5 fully saturated rings. The van der Waals surface area contributed by atoms with E-state index in [9.17, 15) is 4.79 Å². The molecule has 4 saturated carbocycles. The molecule has 0 aromatic rings. The first-order valence-corrected chi connectivity index (χ1v) is 13.5. The molecule has 1 heterocycles. The summed E-state index contributed by atoms with van der Waals surface area (Å²) in [5.41, 5.74) is 2.19. The van der Waals surface area contributed by atoms with E-state index in [-0.39, 0.29) is 12.5 Å². The van der Waals surface area contributed by atoms with Gasteiger partial charge in [-0.05, 0) is 91.3 Å². The first kappa shape index (κ1) is 21.0. The third-order valence-electron chi connectivity index (χ3n) is 11.3. The van der Waals surface area contributed by atoms with Crippen LogP contribution in [0.2, 0.25) is 5.82 Å². The highest BCUT2D eigenvalue weighted by molar-refractivity contribution is 6.47. The molecular formula is C27H41BO3. The van der Waals surface area contributed by atoms with Crippen molar-refractivity contribution in [3.8, 4) is 0 Å². The maximum absolute atomic E-state index is 12.1. The minimum Gasteiger partial charge on any atom is -0.408 e. The SMILES string of the molecule is CC12CCC(=O)C=C1CCC1C2CCC2(C)C(C3COB(C4CCCCC4)O3)CCC12. The maximum atomic E-state index is 12.1. The molecule has 6 aliphatic rings. The highest BCUT2D eigenvalue weighted by Gasteiger charge is 2.61. The molecule has 0 aromatic heterocycles. The average Bonchev–Trinajstić information content (AvgIpc) is 3.39. The number of allylic oxidation sites excluding steroid dienone is 1. The van der Waals surface area contributed by atoms with Crippen LogP contribution >= 0.6 is 0 Å². The Morgan fingerprint density at radius 2 is 1.71 bits per heavy atom. The minimum atomic E-state index is 0.0744. The smallest absolute Gasteiger partial charge is 0.408 e. The number of hydrogen-bond acceptors (Lipinski definition) is 3. The van der Waals surface area contributed by atoms with Crippen LogP contribution in [0, 0.1) is 34.5 Å². The Morgan fingerprint density at radius 3 is 2.55 bits per heavy atom. The third kappa shape index (κ3) is 3.25. The summed E-state index contributed by atoms with van der Waals surface area (Å²) < 4.78 is 13.0. The first-order chi connectivity index (χ1) is 15.0. The van der Waals surface area contributed by atoms with E-state index in [0.717, 1.165) is 43.6 Å². The Kier molecular flexibility index (Phi) is 5.22. The van der Waals surface area contributed by atoms with Gasteiger partial charge in [0.15, 0.2) is 5.78 Å². The van der Waals surface area contributed by atoms with Gasteiger partial charge < -0.3 is 9.31 Å². The molecule has 0 spiro atoms. The molecule has 7 atom stereocenters. The molecule has 0 radical (unpaired) electrons. The van der Waals surface area contributed by atoms with E-state index < -0.39 is 0 Å². The lowest BCUT2D eigenvalue weighted by molar-refractivity contribution is -0.117. The second-order valence-electron chi connectivity index (χ2n) is 12.5. The van der Waals surface area contributed by atoms with E-state index in [1.165, 1.54) is 69.8 Å². The van der Waals surface area contributed by atoms with Crippen LogP contribution in [0.1, 0.15) is 97.3 Å². The van der Waals surface area contributed by atoms with Crippen LogP contribution < -0.4 is 0 Å². The van der Waals surface area contributed by atoms with Crippen molar-refractivity contribution < 1.29 is 14.1 Å². The van der Waals surface area contributed by atoms with Gasteiger partial charge in [-0.25, -0.2) is 0 Å². The van der Waals surface area contributed by atoms with Crippen LogP contribution in [0.15, 0.2) is 11.6 Å². The summed E-state index contributed by atoms with van der Waals surface area (Å²) in [6, 6.07) is 0. The Labute approximate surface area is 189 Å². The van der Waals surface area contributed by atoms with Crippen molar-refractivity contribution in [2.45, 2.75) is 109 Å². The van der Waals surface area contributed by atoms with E-state index in [1.807, 2.05) is 6.08 Å². The van der Waals surface area contributed by atoms with Crippen molar-refractivity contribution in [1.82, 2.24) is 0 Å². The fourth-order valence-electron chi connectivity index (χ4n) is 9.52. The Morgan fingerprint density at radius 1 is 0.903 bits per heavy atom. The largest absolute Gasteiger partial charge is 0.460 e. The molecule has 0 bridgehead atoms. The zero-order valence-electron chi connectivity index (χ0n) is 19.7. The fraction of sp³-hybridized carbons (Fsp3) is 0.889. The highest BCUT2D eigenvalue weighted by atomic mass is 16.6. The van der Waals surface area contributed by atoms with Crippen LogP contribution in [0.25, 0.3) is 0 Å². The van der Waals surface area contributed by atoms with Gasteiger partial charge in [0.25, 0.3) is 0 Å². The van der Waals surface area contributed by atoms with E-state index in [2.05, 4.69) is 13.8 Å². The molecule has 3 nitrogen and oxygen atoms in total. The molecule has 4 heteroatoms. The lowest BCUT2D eigenvalue weighted by atomic mass is 9.46. The van der Waals surface area contributed by atoms with Gasteiger partial charge in [-0.3, -0.25) is 4.79 Å². The van der Waals surface area contributed by atoms with Crippen molar-refractivity contribution in [3.05, 3.63) is 11.6 Å². The molecule has 1 saturated heterocycles. The van der Waals surface area contributed by atoms with Crippen molar-refractivity contribution in [3.63, 3.8) is 0 Å². The highest BCUT2D eigenvalue weighted by Crippen LogP contribution is 2.67. The van der Waals surface area contributed by atoms with Crippen molar-refractivity contribution >= 4 is 12.9 Å². The summed E-state index contributed by atoms with van der Waals surface area (Å²) >= 11 is 0. The standard InChI is InChI=1S/C27H41BO3/c1-26-14-12-20(29)16-18(26)8-9-21-22-10-11-24(27(22,2)15-13-23(21)26)25-17-30-28(31-25)19-6-4-3-5-7-19/h16,19,21-25H,3-15,17H2,1-2H3. The van der Waals surface area contributed by atoms with Crippen LogP contribution in [-0.4, -0.2) is 25.6 Å². The molecule has 7 unspecified atom stereocenters. The summed E-state index contributed by atoms with van der Waals surface area (Å²) in [5, 5.41) is 0. The first-order valence-electron chi connectivity index (χ1n) is 13.5. The number of fused-ring (bicyclic) bond motifs is 5. The van der Waals surface area contributed by atoms with Crippen molar-refractivity contribution in [2.75, 3.05) is 6.61 Å². The average molecular weight is 424 g/mol. The van der Waals surface area contributed by atoms with Gasteiger partial charge in [-0.2, -0.15) is 0 Å². The molecule has 0 aromatic carbocycles. The van der Waals surface area contributed by atoms with Crippen molar-refractivity contribution in [1.29, 1.82) is 0 Å². The van der Waals surface area contributed by atoms with Crippen LogP contribution in [0.3, 0.4) is 0 Å². The normalized spacial score (nSPS) is 48.2. The summed E-state index contributed by atoms with van der Waals surface area (Å²) in [6.07, 6.45) is 18.8. The predicted octanol–water partition coefficient (Wildman–Crippen LogP) is 6.37. The van der Waals surface area contributed by atoms with Gasteiger partial charge in [-0.1, -0.05) is 51.5 Å². The monoisotopic (exact) mass is 424 g/mol. The van der Waals surface area contributed by atoms with Gasteiger partial charge in [0.2, 0.25) is 0 Å². The summed E-state index contributed by atoms with van der Waals surface area (Å²) in [4.78, 5) is 12.1. The number of rotatable bonds is 2. The molecule has 0 N–H and O–H groups in total. The molecule has 31 heavy (non-hydrogen) atoms. The summed E-state index contributed by atoms with van der Waals surface area (Å²) in [6.45, 7) is 5.94. The van der Waals surface area contributed by atoms with Crippen molar-refractivity contribution in [2.24, 2.45) is 34.5 Å². The lowest BCUT2D eigenvalue weighted by Crippen LogP contribution is -2.51. The summed E-state index contributed by atoms with van der Waals surface area (Å²) in [7, 11) is 0.0744. The Bertz CT molecular complexity index is 758. The zero-order valence-corrected chi connectivity index (χ0v) is 19.7. The van der Waals surface area contributed by atoms with Crippen LogP contribution in [0.4, 0.5) is 0 Å². The van der Waals surface area contributed by atoms with Gasteiger partial charge in [0.05, 0.1) is 12.7 Å². The number of carbonyl (C=O) groups excluding carboxylic acids is 1. The Hall–Kier alpha value is -0.605. The molecule has 1 aliphatic heterocycles. The second-order valence-corrected chi connectivity index (χ2v) is 12.5. The maximum Gasteiger partial charge on any atom is 0.460 e. The molecule has 5 aliphatic carbocycles. The third-order valence-corrected chi connectivity index (χ3v) is 11.3. The molecule has 6 rings (SSSR count). The van der Waals surface area contributed by atoms with Gasteiger partial charge in [-0.15, -0.1) is 0 Å². The fourth-order valence-corrected chi connectivity index (χ4v) is 9.52. The van der Waals surface area contributed by atoms with Gasteiger partial charge in [0, 0.05) is 6.42 Å². The van der Waals surface area contributed by atoms with E-state index in [1.54, 1.807) is 0 Å². The summed E-state index contributed by atoms with van der Waals surface area (Å²) in [5.74, 6) is 4.15. The number of hydrogen-bond donors (Lipinski definition) is 0. The molecule has 0 amide bonds. The van der Waals surface area contributed by atoms with E-state index >= 15 is 0 Å². The minimum absolute atomic E-state index is 0.0744. The topological polar surface area (TPSA) is 35.5 Å². The van der Waals surface area contributed by atoms with Gasteiger partial charge >= 0.3 is 7.12 Å². The number of ketones is 1. The number of carbonyl (C=O) groups is 1. The van der Waals surface area contributed by atoms with Gasteiger partial charge in [0.1, 0.15) is 0 Å². The van der Waals surface area contributed by atoms with Crippen LogP contribution in [-0.2, 0) is 14.1 Å². The predicted molar refractivity (Wildman–Crippen MR) is 124 cm³/mol. The zero-order chi connectivity index (χ0) is 21.2. The van der Waals surface area contributed by atoms with E-state index in [4.69, 9.17) is 9.31 Å². The lowest BCUT2D eigenvalue weighted by Gasteiger charge is -2.58. The Balaban J connectivity index is 1.18. The van der Waals surface area contributed by atoms with Crippen LogP contribution in [0.5, 0.6) is 0 Å². The van der Waals surface area contributed by atoms with E-state index in [0.29, 0.717) is 29.0 Å². The second kappa shape index (κ2) is 7.72. The molecular weight excluding hydrogens is 383 g/mol.